The van der Waals surface area contributed by atoms with Crippen LogP contribution in [-0.4, -0.2) is 13.3 Å². The number of rotatable bonds is 8. The van der Waals surface area contributed by atoms with Gasteiger partial charge in [0, 0.05) is 5.56 Å². The van der Waals surface area contributed by atoms with Crippen molar-refractivity contribution in [1.82, 2.24) is 0 Å². The number of methoxy groups -OCH3 is 1. The molecule has 0 aliphatic carbocycles. The molecule has 0 atom stereocenters. The quantitative estimate of drug-likeness (QED) is 0.336. The summed E-state index contributed by atoms with van der Waals surface area (Å²) in [6.45, 7) is 7.51. The molecule has 0 N–H and O–H groups in total. The summed E-state index contributed by atoms with van der Waals surface area (Å²) >= 11 is 0. The fourth-order valence-corrected chi connectivity index (χ4v) is 2.93. The Morgan fingerprint density at radius 3 is 2.17 bits per heavy atom. The summed E-state index contributed by atoms with van der Waals surface area (Å²) in [5.41, 5.74) is 4.51. The van der Waals surface area contributed by atoms with Gasteiger partial charge < -0.3 is 14.3 Å². The number of benzene rings is 3. The second kappa shape index (κ2) is 9.97. The lowest BCUT2D eigenvalue weighted by Gasteiger charge is -2.18. The minimum absolute atomic E-state index is 0.145. The van der Waals surface area contributed by atoms with Gasteiger partial charge in [-0.15, -0.1) is 0 Å². The first-order chi connectivity index (χ1) is 14.5. The van der Waals surface area contributed by atoms with Crippen molar-refractivity contribution >= 4 is 6.21 Å². The van der Waals surface area contributed by atoms with Crippen LogP contribution in [0.3, 0.4) is 0 Å². The molecule has 0 radical (unpaired) electrons. The third-order valence-corrected chi connectivity index (χ3v) is 4.75. The van der Waals surface area contributed by atoms with E-state index in [2.05, 4.69) is 50.2 Å². The van der Waals surface area contributed by atoms with Crippen LogP contribution in [0, 0.1) is 0 Å². The lowest BCUT2D eigenvalue weighted by Crippen LogP contribution is -2.10. The van der Waals surface area contributed by atoms with Crippen molar-refractivity contribution in [3.05, 3.63) is 95.1 Å². The molecule has 30 heavy (non-hydrogen) atoms. The average molecular weight is 404 g/mol. The highest BCUT2D eigenvalue weighted by Gasteiger charge is 2.12. The maximum Gasteiger partial charge on any atom is 0.162 e. The van der Waals surface area contributed by atoms with E-state index in [1.54, 1.807) is 13.3 Å². The fourth-order valence-electron chi connectivity index (χ4n) is 2.93. The molecule has 0 aromatic heterocycles. The van der Waals surface area contributed by atoms with Crippen LogP contribution in [0.5, 0.6) is 11.5 Å². The van der Waals surface area contributed by atoms with E-state index in [4.69, 9.17) is 14.3 Å². The Morgan fingerprint density at radius 1 is 0.800 bits per heavy atom. The predicted molar refractivity (Wildman–Crippen MR) is 121 cm³/mol. The molecule has 0 aliphatic heterocycles. The van der Waals surface area contributed by atoms with Gasteiger partial charge >= 0.3 is 0 Å². The van der Waals surface area contributed by atoms with Gasteiger partial charge in [-0.2, -0.15) is 0 Å². The number of nitrogens with zero attached hydrogens (tertiary/aromatic N) is 1. The first-order valence-electron chi connectivity index (χ1n) is 10.1. The number of hydrogen-bond acceptors (Lipinski definition) is 4. The Balaban J connectivity index is 1.58. The van der Waals surface area contributed by atoms with E-state index in [1.807, 2.05) is 48.5 Å². The maximum absolute atomic E-state index is 5.94. The maximum atomic E-state index is 5.94. The third kappa shape index (κ3) is 6.11. The molecule has 0 aliphatic rings. The molecule has 3 aromatic carbocycles. The minimum atomic E-state index is 0.145. The van der Waals surface area contributed by atoms with Crippen LogP contribution in [-0.2, 0) is 23.5 Å². The van der Waals surface area contributed by atoms with E-state index >= 15 is 0 Å². The summed E-state index contributed by atoms with van der Waals surface area (Å²) in [6.07, 6.45) is 1.68. The standard InChI is InChI=1S/C26H29NO3/c1-26(2,3)23-13-10-21(11-14-23)19-30-27-17-22-12-15-24(28-4)25(16-22)29-18-20-8-6-5-7-9-20/h5-17H,18-19H2,1-4H3/b27-17+. The summed E-state index contributed by atoms with van der Waals surface area (Å²) < 4.78 is 11.3. The molecule has 3 rings (SSSR count). The van der Waals surface area contributed by atoms with Crippen molar-refractivity contribution in [2.75, 3.05) is 7.11 Å². The smallest absolute Gasteiger partial charge is 0.162 e. The first kappa shape index (κ1) is 21.4. The highest BCUT2D eigenvalue weighted by molar-refractivity contribution is 5.80. The van der Waals surface area contributed by atoms with Crippen molar-refractivity contribution in [2.45, 2.75) is 39.4 Å². The van der Waals surface area contributed by atoms with E-state index in [0.717, 1.165) is 16.7 Å². The summed E-state index contributed by atoms with van der Waals surface area (Å²) in [5.74, 6) is 1.35. The average Bonchev–Trinajstić information content (AvgIpc) is 2.76. The third-order valence-electron chi connectivity index (χ3n) is 4.75. The van der Waals surface area contributed by atoms with Crippen LogP contribution < -0.4 is 9.47 Å². The summed E-state index contributed by atoms with van der Waals surface area (Å²) in [4.78, 5) is 5.47. The van der Waals surface area contributed by atoms with Crippen LogP contribution in [0.1, 0.15) is 43.0 Å². The van der Waals surface area contributed by atoms with E-state index in [-0.39, 0.29) is 5.41 Å². The van der Waals surface area contributed by atoms with Crippen LogP contribution in [0.15, 0.2) is 78.0 Å². The van der Waals surface area contributed by atoms with Crippen LogP contribution >= 0.6 is 0 Å². The van der Waals surface area contributed by atoms with E-state index in [9.17, 15) is 0 Å². The van der Waals surface area contributed by atoms with Crippen molar-refractivity contribution in [3.63, 3.8) is 0 Å². The van der Waals surface area contributed by atoms with Gasteiger partial charge in [0.1, 0.15) is 13.2 Å². The van der Waals surface area contributed by atoms with Crippen LogP contribution in [0.25, 0.3) is 0 Å². The molecule has 0 spiro atoms. The zero-order valence-electron chi connectivity index (χ0n) is 18.1. The molecule has 156 valence electrons. The number of oxime groups is 1. The monoisotopic (exact) mass is 403 g/mol. The van der Waals surface area contributed by atoms with Crippen molar-refractivity contribution < 1.29 is 14.3 Å². The Bertz CT molecular complexity index is 958. The molecular formula is C26H29NO3. The van der Waals surface area contributed by atoms with Gasteiger partial charge in [-0.1, -0.05) is 80.5 Å². The SMILES string of the molecule is COc1ccc(/C=N/OCc2ccc(C(C)(C)C)cc2)cc1OCc1ccccc1. The first-order valence-corrected chi connectivity index (χ1v) is 10.1. The van der Waals surface area contributed by atoms with E-state index < -0.39 is 0 Å². The zero-order chi connectivity index (χ0) is 21.4. The van der Waals surface area contributed by atoms with Gasteiger partial charge in [-0.25, -0.2) is 0 Å². The molecule has 4 nitrogen and oxygen atoms in total. The Hall–Kier alpha value is -3.27. The number of hydrogen-bond donors (Lipinski definition) is 0. The fraction of sp³-hybridized carbons (Fsp3) is 0.269. The van der Waals surface area contributed by atoms with Gasteiger partial charge in [-0.3, -0.25) is 0 Å². The molecule has 4 heteroatoms. The van der Waals surface area contributed by atoms with Gasteiger partial charge in [-0.05, 0) is 40.3 Å². The van der Waals surface area contributed by atoms with Crippen LogP contribution in [0.4, 0.5) is 0 Å². The molecule has 0 saturated carbocycles. The lowest BCUT2D eigenvalue weighted by atomic mass is 9.87. The lowest BCUT2D eigenvalue weighted by molar-refractivity contribution is 0.132. The van der Waals surface area contributed by atoms with Gasteiger partial charge in [0.05, 0.1) is 13.3 Å². The molecular weight excluding hydrogens is 374 g/mol. The highest BCUT2D eigenvalue weighted by atomic mass is 16.6. The second-order valence-corrected chi connectivity index (χ2v) is 8.14. The normalized spacial score (nSPS) is 11.5. The Kier molecular flexibility index (Phi) is 7.12. The molecule has 0 heterocycles. The Morgan fingerprint density at radius 2 is 1.50 bits per heavy atom. The van der Waals surface area contributed by atoms with Crippen molar-refractivity contribution in [2.24, 2.45) is 5.16 Å². The second-order valence-electron chi connectivity index (χ2n) is 8.14. The number of ether oxygens (including phenoxy) is 2. The molecule has 0 unspecified atom stereocenters. The van der Waals surface area contributed by atoms with E-state index in [0.29, 0.717) is 24.7 Å². The van der Waals surface area contributed by atoms with Gasteiger partial charge in [0.15, 0.2) is 11.5 Å². The van der Waals surface area contributed by atoms with Crippen molar-refractivity contribution in [1.29, 1.82) is 0 Å². The topological polar surface area (TPSA) is 40.0 Å². The van der Waals surface area contributed by atoms with Crippen molar-refractivity contribution in [3.8, 4) is 11.5 Å². The summed E-state index contributed by atoms with van der Waals surface area (Å²) in [5, 5.41) is 4.10. The summed E-state index contributed by atoms with van der Waals surface area (Å²) in [6, 6.07) is 24.2. The largest absolute Gasteiger partial charge is 0.493 e. The molecule has 0 fully saturated rings. The molecule has 0 bridgehead atoms. The van der Waals surface area contributed by atoms with Gasteiger partial charge in [0.2, 0.25) is 0 Å². The molecule has 0 amide bonds. The molecule has 3 aromatic rings. The predicted octanol–water partition coefficient (Wildman–Crippen LogP) is 6.12. The summed E-state index contributed by atoms with van der Waals surface area (Å²) in [7, 11) is 1.63. The van der Waals surface area contributed by atoms with Crippen LogP contribution in [0.2, 0.25) is 0 Å². The van der Waals surface area contributed by atoms with E-state index in [1.165, 1.54) is 5.56 Å². The zero-order valence-corrected chi connectivity index (χ0v) is 18.1. The highest BCUT2D eigenvalue weighted by Crippen LogP contribution is 2.28. The minimum Gasteiger partial charge on any atom is -0.493 e. The van der Waals surface area contributed by atoms with Gasteiger partial charge in [0.25, 0.3) is 0 Å². The Labute approximate surface area is 179 Å². The molecule has 0 saturated heterocycles.